The Balaban J connectivity index is 2.62. The van der Waals surface area contributed by atoms with Gasteiger partial charge >= 0.3 is 0 Å². The lowest BCUT2D eigenvalue weighted by molar-refractivity contribution is -0.346. The summed E-state index contributed by atoms with van der Waals surface area (Å²) in [5, 5.41) is 38.0. The lowest BCUT2D eigenvalue weighted by Gasteiger charge is -2.42. The van der Waals surface area contributed by atoms with Crippen LogP contribution in [0, 0.1) is 0 Å². The molecular weight excluding hydrogens is 282 g/mol. The molecule has 1 heterocycles. The quantitative estimate of drug-likeness (QED) is 0.224. The summed E-state index contributed by atoms with van der Waals surface area (Å²) in [6, 6.07) is 0. The van der Waals surface area contributed by atoms with E-state index in [4.69, 9.17) is 20.5 Å². The molecule has 1 aliphatic heterocycles. The van der Waals surface area contributed by atoms with Gasteiger partial charge in [-0.25, -0.2) is 4.89 Å². The topological polar surface area (TPSA) is 135 Å². The number of ether oxygens (including phenoxy) is 2. The molecule has 8 heteroatoms. The predicted octanol–water partition coefficient (Wildman–Crippen LogP) is -0.792. The highest BCUT2D eigenvalue weighted by Gasteiger charge is 2.46. The molecule has 0 amide bonds. The molecule has 0 aliphatic carbocycles. The molecular formula is C13H27NO7. The summed E-state index contributed by atoms with van der Waals surface area (Å²) in [6.07, 6.45) is -3.87. The molecule has 1 rings (SSSR count). The maximum Gasteiger partial charge on any atom is 0.187 e. The lowest BCUT2D eigenvalue weighted by Crippen LogP contribution is -2.60. The summed E-state index contributed by atoms with van der Waals surface area (Å²) < 4.78 is 11.1. The van der Waals surface area contributed by atoms with E-state index in [0.717, 1.165) is 12.8 Å². The van der Waals surface area contributed by atoms with Crippen molar-refractivity contribution in [1.29, 1.82) is 0 Å². The van der Waals surface area contributed by atoms with Crippen molar-refractivity contribution in [2.75, 3.05) is 13.2 Å². The van der Waals surface area contributed by atoms with Crippen molar-refractivity contribution in [2.45, 2.75) is 69.4 Å². The van der Waals surface area contributed by atoms with Gasteiger partial charge in [-0.1, -0.05) is 0 Å². The third kappa shape index (κ3) is 5.42. The van der Waals surface area contributed by atoms with Crippen molar-refractivity contribution in [3.8, 4) is 0 Å². The first-order valence-corrected chi connectivity index (χ1v) is 7.16. The van der Waals surface area contributed by atoms with Gasteiger partial charge in [0.05, 0.1) is 5.60 Å². The molecule has 1 fully saturated rings. The third-order valence-corrected chi connectivity index (χ3v) is 3.58. The molecule has 8 nitrogen and oxygen atoms in total. The Morgan fingerprint density at radius 3 is 2.33 bits per heavy atom. The van der Waals surface area contributed by atoms with Gasteiger partial charge < -0.3 is 30.5 Å². The molecule has 0 radical (unpaired) electrons. The first kappa shape index (κ1) is 18.7. The monoisotopic (exact) mass is 309 g/mol. The number of nitrogens with two attached hydrogens (primary N) is 1. The SMILES string of the molecule is CC(C)(CCCCN)O[C@H]1OC(COO)[C@H](O)C(O)C1O. The summed E-state index contributed by atoms with van der Waals surface area (Å²) in [7, 11) is 0. The minimum atomic E-state index is -1.44. The molecule has 1 saturated heterocycles. The van der Waals surface area contributed by atoms with Crippen molar-refractivity contribution in [2.24, 2.45) is 5.73 Å². The summed E-state index contributed by atoms with van der Waals surface area (Å²) in [6.45, 7) is 3.95. The normalized spacial score (nSPS) is 34.1. The van der Waals surface area contributed by atoms with Crippen LogP contribution in [0.25, 0.3) is 0 Å². The first-order chi connectivity index (χ1) is 9.82. The van der Waals surface area contributed by atoms with Gasteiger partial charge in [-0.05, 0) is 39.7 Å². The molecule has 0 spiro atoms. The standard InChI is InChI=1S/C13H27NO7/c1-13(2,5-3-4-6-14)21-12-11(17)10(16)9(15)8(20-12)7-19-18/h8-12,15-18H,3-7,14H2,1-2H3/t8?,9-,10?,11?,12+/m0/s1. The van der Waals surface area contributed by atoms with E-state index in [1.54, 1.807) is 0 Å². The zero-order valence-corrected chi connectivity index (χ0v) is 12.5. The summed E-state index contributed by atoms with van der Waals surface area (Å²) in [5.74, 6) is 0. The largest absolute Gasteiger partial charge is 0.387 e. The van der Waals surface area contributed by atoms with Crippen molar-refractivity contribution >= 4 is 0 Å². The molecule has 0 bridgehead atoms. The number of aliphatic hydroxyl groups is 3. The second kappa shape index (κ2) is 8.35. The van der Waals surface area contributed by atoms with Crippen molar-refractivity contribution in [3.05, 3.63) is 0 Å². The number of hydrogen-bond donors (Lipinski definition) is 5. The van der Waals surface area contributed by atoms with E-state index in [-0.39, 0.29) is 6.61 Å². The van der Waals surface area contributed by atoms with Crippen LogP contribution >= 0.6 is 0 Å². The van der Waals surface area contributed by atoms with Crippen LogP contribution in [0.15, 0.2) is 0 Å². The molecule has 0 saturated carbocycles. The zero-order chi connectivity index (χ0) is 16.0. The van der Waals surface area contributed by atoms with Crippen LogP contribution in [0.5, 0.6) is 0 Å². The minimum absolute atomic E-state index is 0.335. The van der Waals surface area contributed by atoms with Gasteiger partial charge in [-0.3, -0.25) is 5.26 Å². The first-order valence-electron chi connectivity index (χ1n) is 7.16. The van der Waals surface area contributed by atoms with Gasteiger partial charge in [0.1, 0.15) is 31.0 Å². The van der Waals surface area contributed by atoms with Gasteiger partial charge in [0.2, 0.25) is 0 Å². The van der Waals surface area contributed by atoms with Gasteiger partial charge in [-0.15, -0.1) is 0 Å². The van der Waals surface area contributed by atoms with Gasteiger partial charge in [0.15, 0.2) is 6.29 Å². The highest BCUT2D eigenvalue weighted by Crippen LogP contribution is 2.28. The summed E-state index contributed by atoms with van der Waals surface area (Å²) >= 11 is 0. The second-order valence-electron chi connectivity index (χ2n) is 5.93. The van der Waals surface area contributed by atoms with Crippen molar-refractivity contribution < 1.29 is 34.9 Å². The highest BCUT2D eigenvalue weighted by molar-refractivity contribution is 4.90. The number of aliphatic hydroxyl groups excluding tert-OH is 3. The number of unbranched alkanes of at least 4 members (excludes halogenated alkanes) is 1. The Kier molecular flexibility index (Phi) is 7.45. The van der Waals surface area contributed by atoms with Crippen LogP contribution in [-0.2, 0) is 14.4 Å². The van der Waals surface area contributed by atoms with Crippen LogP contribution in [-0.4, -0.2) is 70.0 Å². The average Bonchev–Trinajstić information content (AvgIpc) is 2.42. The van der Waals surface area contributed by atoms with Gasteiger partial charge in [0, 0.05) is 0 Å². The third-order valence-electron chi connectivity index (χ3n) is 3.58. The summed E-state index contributed by atoms with van der Waals surface area (Å²) in [4.78, 5) is 3.95. The lowest BCUT2D eigenvalue weighted by atomic mass is 9.97. The minimum Gasteiger partial charge on any atom is -0.387 e. The van der Waals surface area contributed by atoms with Crippen molar-refractivity contribution in [1.82, 2.24) is 0 Å². The Morgan fingerprint density at radius 2 is 1.76 bits per heavy atom. The molecule has 6 N–H and O–H groups in total. The predicted molar refractivity (Wildman–Crippen MR) is 73.3 cm³/mol. The molecule has 0 aromatic rings. The second-order valence-corrected chi connectivity index (χ2v) is 5.93. The molecule has 3 unspecified atom stereocenters. The summed E-state index contributed by atoms with van der Waals surface area (Å²) in [5.41, 5.74) is 4.86. The molecule has 0 aromatic heterocycles. The Labute approximate surface area is 124 Å². The molecule has 126 valence electrons. The van der Waals surface area contributed by atoms with E-state index < -0.39 is 36.3 Å². The smallest absolute Gasteiger partial charge is 0.187 e. The Morgan fingerprint density at radius 1 is 1.10 bits per heavy atom. The highest BCUT2D eigenvalue weighted by atomic mass is 17.1. The fourth-order valence-electron chi connectivity index (χ4n) is 2.29. The van der Waals surface area contributed by atoms with Crippen LogP contribution in [0.3, 0.4) is 0 Å². The fourth-order valence-corrected chi connectivity index (χ4v) is 2.29. The molecule has 21 heavy (non-hydrogen) atoms. The fraction of sp³-hybridized carbons (Fsp3) is 1.00. The Hall–Kier alpha value is -0.320. The maximum atomic E-state index is 9.95. The molecule has 0 aromatic carbocycles. The average molecular weight is 309 g/mol. The van der Waals surface area contributed by atoms with E-state index >= 15 is 0 Å². The van der Waals surface area contributed by atoms with Crippen molar-refractivity contribution in [3.63, 3.8) is 0 Å². The molecule has 1 aliphatic rings. The van der Waals surface area contributed by atoms with E-state index in [1.807, 2.05) is 13.8 Å². The maximum absolute atomic E-state index is 9.95. The number of rotatable bonds is 8. The van der Waals surface area contributed by atoms with Gasteiger partial charge in [-0.2, -0.15) is 0 Å². The van der Waals surface area contributed by atoms with Crippen LogP contribution in [0.1, 0.15) is 33.1 Å². The van der Waals surface area contributed by atoms with Crippen LogP contribution in [0.2, 0.25) is 0 Å². The molecule has 5 atom stereocenters. The van der Waals surface area contributed by atoms with Crippen LogP contribution < -0.4 is 5.73 Å². The van der Waals surface area contributed by atoms with Crippen LogP contribution in [0.4, 0.5) is 0 Å². The van der Waals surface area contributed by atoms with Gasteiger partial charge in [0.25, 0.3) is 0 Å². The van der Waals surface area contributed by atoms with E-state index in [0.29, 0.717) is 13.0 Å². The number of hydrogen-bond acceptors (Lipinski definition) is 8. The van der Waals surface area contributed by atoms with E-state index in [9.17, 15) is 15.3 Å². The van der Waals surface area contributed by atoms with E-state index in [2.05, 4.69) is 4.89 Å². The zero-order valence-electron chi connectivity index (χ0n) is 12.5. The Bertz CT molecular complexity index is 302. The van der Waals surface area contributed by atoms with E-state index in [1.165, 1.54) is 0 Å².